The van der Waals surface area contributed by atoms with Gasteiger partial charge in [-0.15, -0.1) is 0 Å². The van der Waals surface area contributed by atoms with Crippen LogP contribution in [0.4, 0.5) is 0 Å². The third kappa shape index (κ3) is 3.68. The standard InChI is InChI=1S/C17H22N2O4S/c1-12-5-3-6-13-9-14(17(20)18-16(12)13)10-19(24(2,21)22)11-15-7-4-8-23-15/h3,5-6,9,15H,4,7-8,10-11H2,1-2H3,(H,18,20)/t15-/m1/s1. The predicted molar refractivity (Wildman–Crippen MR) is 93.5 cm³/mol. The van der Waals surface area contributed by atoms with Gasteiger partial charge in [0.25, 0.3) is 5.56 Å². The Balaban J connectivity index is 1.93. The van der Waals surface area contributed by atoms with E-state index in [1.165, 1.54) is 10.6 Å². The Bertz CT molecular complexity index is 898. The van der Waals surface area contributed by atoms with Crippen LogP contribution in [0.2, 0.25) is 0 Å². The summed E-state index contributed by atoms with van der Waals surface area (Å²) in [5.41, 5.74) is 1.96. The van der Waals surface area contributed by atoms with Crippen LogP contribution in [0.3, 0.4) is 0 Å². The number of hydrogen-bond donors (Lipinski definition) is 1. The lowest BCUT2D eigenvalue weighted by Crippen LogP contribution is -2.37. The minimum absolute atomic E-state index is 0.0535. The van der Waals surface area contributed by atoms with Crippen molar-refractivity contribution in [3.63, 3.8) is 0 Å². The van der Waals surface area contributed by atoms with E-state index in [1.807, 2.05) is 25.1 Å². The average molecular weight is 350 g/mol. The molecule has 0 saturated carbocycles. The summed E-state index contributed by atoms with van der Waals surface area (Å²) in [6, 6.07) is 7.53. The summed E-state index contributed by atoms with van der Waals surface area (Å²) in [5, 5.41) is 0.898. The molecule has 0 amide bonds. The van der Waals surface area contributed by atoms with Crippen molar-refractivity contribution in [2.45, 2.75) is 32.4 Å². The van der Waals surface area contributed by atoms with Gasteiger partial charge in [0.15, 0.2) is 0 Å². The zero-order chi connectivity index (χ0) is 17.3. The summed E-state index contributed by atoms with van der Waals surface area (Å²) < 4.78 is 31.1. The number of sulfonamides is 1. The average Bonchev–Trinajstić information content (AvgIpc) is 3.00. The molecule has 3 rings (SSSR count). The number of aromatic amines is 1. The summed E-state index contributed by atoms with van der Waals surface area (Å²) in [6.07, 6.45) is 2.86. The van der Waals surface area contributed by atoms with Gasteiger partial charge in [-0.3, -0.25) is 4.79 Å². The van der Waals surface area contributed by atoms with Crippen LogP contribution in [0.15, 0.2) is 29.1 Å². The molecule has 0 aliphatic carbocycles. The van der Waals surface area contributed by atoms with Crippen LogP contribution in [0.5, 0.6) is 0 Å². The van der Waals surface area contributed by atoms with E-state index in [2.05, 4.69) is 4.98 Å². The van der Waals surface area contributed by atoms with Crippen LogP contribution in [0.25, 0.3) is 10.9 Å². The van der Waals surface area contributed by atoms with Crippen LogP contribution in [-0.2, 0) is 21.3 Å². The van der Waals surface area contributed by atoms with E-state index < -0.39 is 10.0 Å². The molecule has 1 N–H and O–H groups in total. The number of pyridine rings is 1. The van der Waals surface area contributed by atoms with Crippen LogP contribution >= 0.6 is 0 Å². The topological polar surface area (TPSA) is 79.5 Å². The molecule has 130 valence electrons. The summed E-state index contributed by atoms with van der Waals surface area (Å²) in [4.78, 5) is 15.2. The van der Waals surface area contributed by atoms with Gasteiger partial charge in [0.05, 0.1) is 17.9 Å². The fourth-order valence-corrected chi connectivity index (χ4v) is 3.88. The zero-order valence-electron chi connectivity index (χ0n) is 13.9. The van der Waals surface area contributed by atoms with E-state index >= 15 is 0 Å². The number of H-pyrrole nitrogens is 1. The lowest BCUT2D eigenvalue weighted by Gasteiger charge is -2.23. The number of nitrogens with zero attached hydrogens (tertiary/aromatic N) is 1. The minimum atomic E-state index is -3.43. The van der Waals surface area contributed by atoms with Gasteiger partial charge in [-0.25, -0.2) is 8.42 Å². The monoisotopic (exact) mass is 350 g/mol. The molecule has 0 spiro atoms. The van der Waals surface area contributed by atoms with Crippen LogP contribution in [0, 0.1) is 6.92 Å². The number of rotatable bonds is 5. The van der Waals surface area contributed by atoms with Crippen molar-refractivity contribution >= 4 is 20.9 Å². The van der Waals surface area contributed by atoms with E-state index in [-0.39, 0.29) is 24.8 Å². The molecule has 1 aliphatic rings. The number of hydrogen-bond acceptors (Lipinski definition) is 4. The van der Waals surface area contributed by atoms with Crippen LogP contribution in [-0.4, -0.2) is 43.2 Å². The van der Waals surface area contributed by atoms with Crippen molar-refractivity contribution in [1.82, 2.24) is 9.29 Å². The van der Waals surface area contributed by atoms with Gasteiger partial charge in [0, 0.05) is 25.3 Å². The quantitative estimate of drug-likeness (QED) is 0.891. The summed E-state index contributed by atoms with van der Waals surface area (Å²) >= 11 is 0. The van der Waals surface area contributed by atoms with Gasteiger partial charge in [-0.1, -0.05) is 18.2 Å². The Hall–Kier alpha value is -1.70. The van der Waals surface area contributed by atoms with Crippen molar-refractivity contribution in [3.8, 4) is 0 Å². The van der Waals surface area contributed by atoms with Gasteiger partial charge in [-0.2, -0.15) is 4.31 Å². The molecule has 1 aliphatic heterocycles. The molecule has 24 heavy (non-hydrogen) atoms. The number of nitrogens with one attached hydrogen (secondary N) is 1. The lowest BCUT2D eigenvalue weighted by molar-refractivity contribution is 0.0927. The summed E-state index contributed by atoms with van der Waals surface area (Å²) in [5.74, 6) is 0. The number of aryl methyl sites for hydroxylation is 1. The fraction of sp³-hybridized carbons (Fsp3) is 0.471. The van der Waals surface area contributed by atoms with E-state index in [4.69, 9.17) is 4.74 Å². The molecule has 1 saturated heterocycles. The maximum absolute atomic E-state index is 12.4. The Morgan fingerprint density at radius 1 is 1.38 bits per heavy atom. The van der Waals surface area contributed by atoms with Crippen molar-refractivity contribution in [1.29, 1.82) is 0 Å². The highest BCUT2D eigenvalue weighted by atomic mass is 32.2. The first-order valence-corrected chi connectivity index (χ1v) is 9.87. The largest absolute Gasteiger partial charge is 0.377 e. The zero-order valence-corrected chi connectivity index (χ0v) is 14.7. The highest BCUT2D eigenvalue weighted by molar-refractivity contribution is 7.88. The molecule has 0 radical (unpaired) electrons. The van der Waals surface area contributed by atoms with E-state index in [1.54, 1.807) is 6.07 Å². The molecule has 2 aromatic rings. The van der Waals surface area contributed by atoms with Crippen molar-refractivity contribution in [3.05, 3.63) is 45.7 Å². The van der Waals surface area contributed by atoms with Gasteiger partial charge >= 0.3 is 0 Å². The van der Waals surface area contributed by atoms with Gasteiger partial charge in [-0.05, 0) is 36.8 Å². The van der Waals surface area contributed by atoms with Crippen molar-refractivity contribution < 1.29 is 13.2 Å². The second-order valence-electron chi connectivity index (χ2n) is 6.35. The van der Waals surface area contributed by atoms with Crippen molar-refractivity contribution in [2.24, 2.45) is 0 Å². The maximum Gasteiger partial charge on any atom is 0.252 e. The van der Waals surface area contributed by atoms with Gasteiger partial charge < -0.3 is 9.72 Å². The molecule has 6 nitrogen and oxygen atoms in total. The molecule has 0 bridgehead atoms. The number of fused-ring (bicyclic) bond motifs is 1. The lowest BCUT2D eigenvalue weighted by atomic mass is 10.1. The molecule has 1 atom stereocenters. The summed E-state index contributed by atoms with van der Waals surface area (Å²) in [6.45, 7) is 2.93. The molecule has 1 aromatic heterocycles. The molecule has 1 aromatic carbocycles. The second kappa shape index (κ2) is 6.66. The first-order chi connectivity index (χ1) is 11.3. The van der Waals surface area contributed by atoms with E-state index in [0.29, 0.717) is 12.2 Å². The number of aromatic nitrogens is 1. The fourth-order valence-electron chi connectivity index (χ4n) is 3.07. The van der Waals surface area contributed by atoms with Crippen molar-refractivity contribution in [2.75, 3.05) is 19.4 Å². The normalized spacial score (nSPS) is 18.5. The number of ether oxygens (including phenoxy) is 1. The van der Waals surface area contributed by atoms with Gasteiger partial charge in [0.1, 0.15) is 0 Å². The Morgan fingerprint density at radius 3 is 2.83 bits per heavy atom. The first kappa shape index (κ1) is 17.1. The van der Waals surface area contributed by atoms with Gasteiger partial charge in [0.2, 0.25) is 10.0 Å². The van der Waals surface area contributed by atoms with E-state index in [0.717, 1.165) is 29.3 Å². The summed E-state index contributed by atoms with van der Waals surface area (Å²) in [7, 11) is -3.43. The molecule has 7 heteroatoms. The third-order valence-corrected chi connectivity index (χ3v) is 5.63. The van der Waals surface area contributed by atoms with Crippen LogP contribution < -0.4 is 5.56 Å². The third-order valence-electron chi connectivity index (χ3n) is 4.41. The van der Waals surface area contributed by atoms with Crippen LogP contribution in [0.1, 0.15) is 24.0 Å². The van der Waals surface area contributed by atoms with E-state index in [9.17, 15) is 13.2 Å². The highest BCUT2D eigenvalue weighted by Gasteiger charge is 2.25. The maximum atomic E-state index is 12.4. The number of para-hydroxylation sites is 1. The molecular weight excluding hydrogens is 328 g/mol. The second-order valence-corrected chi connectivity index (χ2v) is 8.34. The first-order valence-electron chi connectivity index (χ1n) is 8.03. The molecule has 1 fully saturated rings. The Morgan fingerprint density at radius 2 is 2.17 bits per heavy atom. The SMILES string of the molecule is Cc1cccc2cc(CN(C[C@H]3CCCO3)S(C)(=O)=O)c(=O)[nH]c12. The Kier molecular flexibility index (Phi) is 4.76. The molecule has 0 unspecified atom stereocenters. The number of benzene rings is 1. The molecular formula is C17H22N2O4S. The smallest absolute Gasteiger partial charge is 0.252 e. The highest BCUT2D eigenvalue weighted by Crippen LogP contribution is 2.19. The Labute approximate surface area is 141 Å². The minimum Gasteiger partial charge on any atom is -0.377 e. The molecule has 2 heterocycles. The predicted octanol–water partition coefficient (Wildman–Crippen LogP) is 1.78.